The minimum Gasteiger partial charge on any atom is -0.478 e. The van der Waals surface area contributed by atoms with E-state index in [4.69, 9.17) is 4.74 Å². The van der Waals surface area contributed by atoms with Gasteiger partial charge in [0.2, 0.25) is 5.88 Å². The van der Waals surface area contributed by atoms with Gasteiger partial charge in [0.05, 0.1) is 12.9 Å². The minimum absolute atomic E-state index is 0.247. The van der Waals surface area contributed by atoms with Crippen molar-refractivity contribution in [3.8, 4) is 5.88 Å². The highest BCUT2D eigenvalue weighted by molar-refractivity contribution is 5.92. The molecule has 2 N–H and O–H groups in total. The highest BCUT2D eigenvalue weighted by Gasteiger charge is 2.08. The van der Waals surface area contributed by atoms with Gasteiger partial charge in [-0.25, -0.2) is 15.0 Å². The lowest BCUT2D eigenvalue weighted by Crippen LogP contribution is -2.26. The largest absolute Gasteiger partial charge is 0.478 e. The van der Waals surface area contributed by atoms with Crippen molar-refractivity contribution in [2.75, 3.05) is 13.2 Å². The van der Waals surface area contributed by atoms with E-state index in [1.165, 1.54) is 12.4 Å². The average molecular weight is 261 g/mol. The number of hydrogen-bond donors (Lipinski definition) is 2. The number of aromatic amines is 1. The summed E-state index contributed by atoms with van der Waals surface area (Å²) in [5.41, 5.74) is 1.26. The molecule has 0 aliphatic carbocycles. The van der Waals surface area contributed by atoms with E-state index in [2.05, 4.69) is 25.3 Å². The zero-order valence-corrected chi connectivity index (χ0v) is 10.6. The standard InChI is InChI=1S/C12H15N5O2/c1-2-19-11-5-10(16-8-17-11)12(18)14-4-3-9-6-13-7-15-9/h5-8H,2-4H2,1H3,(H,13,15)(H,14,18). The van der Waals surface area contributed by atoms with Gasteiger partial charge in [-0.15, -0.1) is 0 Å². The third-order valence-corrected chi connectivity index (χ3v) is 2.40. The van der Waals surface area contributed by atoms with Gasteiger partial charge in [-0.2, -0.15) is 0 Å². The Morgan fingerprint density at radius 3 is 3.11 bits per heavy atom. The van der Waals surface area contributed by atoms with Gasteiger partial charge in [0.25, 0.3) is 5.91 Å². The number of nitrogens with one attached hydrogen (secondary N) is 2. The number of amides is 1. The Hall–Kier alpha value is -2.44. The number of aromatic nitrogens is 4. The van der Waals surface area contributed by atoms with Crippen LogP contribution in [-0.4, -0.2) is 39.0 Å². The number of nitrogens with zero attached hydrogens (tertiary/aromatic N) is 3. The number of H-pyrrole nitrogens is 1. The van der Waals surface area contributed by atoms with Crippen LogP contribution in [0.1, 0.15) is 23.1 Å². The molecule has 2 rings (SSSR count). The Balaban J connectivity index is 1.87. The molecule has 2 aromatic rings. The van der Waals surface area contributed by atoms with E-state index < -0.39 is 0 Å². The maximum absolute atomic E-state index is 11.8. The molecule has 0 aliphatic heterocycles. The maximum Gasteiger partial charge on any atom is 0.270 e. The van der Waals surface area contributed by atoms with Crippen LogP contribution in [0.15, 0.2) is 24.9 Å². The Morgan fingerprint density at radius 2 is 2.37 bits per heavy atom. The fourth-order valence-electron chi connectivity index (χ4n) is 1.51. The predicted molar refractivity (Wildman–Crippen MR) is 67.8 cm³/mol. The molecule has 0 bridgehead atoms. The maximum atomic E-state index is 11.8. The molecular formula is C12H15N5O2. The van der Waals surface area contributed by atoms with E-state index in [9.17, 15) is 4.79 Å². The molecule has 0 atom stereocenters. The molecule has 0 aliphatic rings. The summed E-state index contributed by atoms with van der Waals surface area (Å²) in [6.07, 6.45) is 5.34. The van der Waals surface area contributed by atoms with Gasteiger partial charge in [-0.3, -0.25) is 4.79 Å². The third kappa shape index (κ3) is 3.77. The molecule has 1 amide bonds. The van der Waals surface area contributed by atoms with Gasteiger partial charge >= 0.3 is 0 Å². The average Bonchev–Trinajstić information content (AvgIpc) is 2.92. The van der Waals surface area contributed by atoms with Crippen LogP contribution in [0.25, 0.3) is 0 Å². The second-order valence-corrected chi connectivity index (χ2v) is 3.76. The molecule has 0 fully saturated rings. The van der Waals surface area contributed by atoms with Crippen LogP contribution in [0.3, 0.4) is 0 Å². The molecule has 100 valence electrons. The fraction of sp³-hybridized carbons (Fsp3) is 0.333. The van der Waals surface area contributed by atoms with Crippen molar-refractivity contribution in [1.82, 2.24) is 25.3 Å². The molecule has 2 heterocycles. The first-order chi connectivity index (χ1) is 9.29. The molecule has 0 aromatic carbocycles. The highest BCUT2D eigenvalue weighted by Crippen LogP contribution is 2.06. The van der Waals surface area contributed by atoms with Gasteiger partial charge in [-0.1, -0.05) is 0 Å². The molecule has 0 unspecified atom stereocenters. The summed E-state index contributed by atoms with van der Waals surface area (Å²) >= 11 is 0. The van der Waals surface area contributed by atoms with Crippen LogP contribution in [0.2, 0.25) is 0 Å². The van der Waals surface area contributed by atoms with Crippen molar-refractivity contribution in [2.24, 2.45) is 0 Å². The lowest BCUT2D eigenvalue weighted by molar-refractivity contribution is 0.0948. The monoisotopic (exact) mass is 261 g/mol. The van der Waals surface area contributed by atoms with Crippen LogP contribution >= 0.6 is 0 Å². The van der Waals surface area contributed by atoms with E-state index in [-0.39, 0.29) is 5.91 Å². The van der Waals surface area contributed by atoms with Crippen LogP contribution in [0, 0.1) is 0 Å². The number of hydrogen-bond acceptors (Lipinski definition) is 5. The number of ether oxygens (including phenoxy) is 1. The van der Waals surface area contributed by atoms with Gasteiger partial charge in [0.1, 0.15) is 12.0 Å². The number of carbonyl (C=O) groups excluding carboxylic acids is 1. The van der Waals surface area contributed by atoms with Gasteiger partial charge in [0.15, 0.2) is 0 Å². The fourth-order valence-corrected chi connectivity index (χ4v) is 1.51. The summed E-state index contributed by atoms with van der Waals surface area (Å²) in [5, 5.41) is 2.77. The van der Waals surface area contributed by atoms with E-state index in [0.29, 0.717) is 31.1 Å². The molecule has 0 spiro atoms. The zero-order valence-electron chi connectivity index (χ0n) is 10.6. The summed E-state index contributed by atoms with van der Waals surface area (Å²) in [5.74, 6) is 0.152. The first kappa shape index (κ1) is 13.0. The van der Waals surface area contributed by atoms with E-state index in [1.54, 1.807) is 12.5 Å². The Kier molecular flexibility index (Phi) is 4.44. The summed E-state index contributed by atoms with van der Waals surface area (Å²) in [7, 11) is 0. The highest BCUT2D eigenvalue weighted by atomic mass is 16.5. The normalized spacial score (nSPS) is 10.2. The van der Waals surface area contributed by atoms with Crippen molar-refractivity contribution < 1.29 is 9.53 Å². The van der Waals surface area contributed by atoms with E-state index in [1.807, 2.05) is 6.92 Å². The van der Waals surface area contributed by atoms with Crippen LogP contribution in [0.5, 0.6) is 5.88 Å². The molecule has 0 radical (unpaired) electrons. The lowest BCUT2D eigenvalue weighted by Gasteiger charge is -2.05. The number of rotatable bonds is 6. The van der Waals surface area contributed by atoms with Crippen LogP contribution in [0.4, 0.5) is 0 Å². The van der Waals surface area contributed by atoms with Crippen molar-refractivity contribution in [1.29, 1.82) is 0 Å². The molecular weight excluding hydrogens is 246 g/mol. The van der Waals surface area contributed by atoms with Crippen LogP contribution in [-0.2, 0) is 6.42 Å². The van der Waals surface area contributed by atoms with Crippen molar-refractivity contribution in [3.05, 3.63) is 36.3 Å². The molecule has 19 heavy (non-hydrogen) atoms. The molecule has 7 nitrogen and oxygen atoms in total. The van der Waals surface area contributed by atoms with Gasteiger partial charge in [0, 0.05) is 30.9 Å². The second kappa shape index (κ2) is 6.48. The smallest absolute Gasteiger partial charge is 0.270 e. The first-order valence-electron chi connectivity index (χ1n) is 6.00. The minimum atomic E-state index is -0.247. The van der Waals surface area contributed by atoms with Crippen molar-refractivity contribution in [2.45, 2.75) is 13.3 Å². The summed E-state index contributed by atoms with van der Waals surface area (Å²) in [4.78, 5) is 26.5. The van der Waals surface area contributed by atoms with Gasteiger partial charge in [-0.05, 0) is 6.92 Å². The summed E-state index contributed by atoms with van der Waals surface area (Å²) in [6, 6.07) is 1.52. The first-order valence-corrected chi connectivity index (χ1v) is 6.00. The Bertz CT molecular complexity index is 527. The van der Waals surface area contributed by atoms with Gasteiger partial charge < -0.3 is 15.0 Å². The molecule has 0 saturated carbocycles. The van der Waals surface area contributed by atoms with E-state index >= 15 is 0 Å². The topological polar surface area (TPSA) is 92.8 Å². The Labute approximate surface area is 110 Å². The Morgan fingerprint density at radius 1 is 1.47 bits per heavy atom. The summed E-state index contributed by atoms with van der Waals surface area (Å²) in [6.45, 7) is 2.86. The number of carbonyl (C=O) groups is 1. The van der Waals surface area contributed by atoms with Crippen molar-refractivity contribution in [3.63, 3.8) is 0 Å². The zero-order chi connectivity index (χ0) is 13.5. The second-order valence-electron chi connectivity index (χ2n) is 3.76. The third-order valence-electron chi connectivity index (χ3n) is 2.40. The van der Waals surface area contributed by atoms with Crippen molar-refractivity contribution >= 4 is 5.91 Å². The van der Waals surface area contributed by atoms with Crippen LogP contribution < -0.4 is 10.1 Å². The molecule has 2 aromatic heterocycles. The molecule has 7 heteroatoms. The summed E-state index contributed by atoms with van der Waals surface area (Å²) < 4.78 is 5.22. The predicted octanol–water partition coefficient (Wildman–Crippen LogP) is 0.571. The molecule has 0 saturated heterocycles. The SMILES string of the molecule is CCOc1cc(C(=O)NCCc2cnc[nH]2)ncn1. The number of imidazole rings is 1. The van der Waals surface area contributed by atoms with E-state index in [0.717, 1.165) is 5.69 Å². The lowest BCUT2D eigenvalue weighted by atomic mass is 10.3. The quantitative estimate of drug-likeness (QED) is 0.793.